The summed E-state index contributed by atoms with van der Waals surface area (Å²) >= 11 is 6.35. The van der Waals surface area contributed by atoms with Crippen molar-refractivity contribution in [2.75, 3.05) is 6.61 Å². The number of halogens is 3. The minimum absolute atomic E-state index is 0.163. The molecule has 0 amide bonds. The van der Waals surface area contributed by atoms with Gasteiger partial charge in [0.1, 0.15) is 0 Å². The Kier molecular flexibility index (Phi) is 5.40. The first-order chi connectivity index (χ1) is 16.3. The second-order valence-corrected chi connectivity index (χ2v) is 9.07. The predicted molar refractivity (Wildman–Crippen MR) is 127 cm³/mol. The van der Waals surface area contributed by atoms with Gasteiger partial charge in [0.25, 0.3) is 0 Å². The van der Waals surface area contributed by atoms with Crippen LogP contribution in [-0.4, -0.2) is 24.3 Å². The highest BCUT2D eigenvalue weighted by atomic mass is 35.5. The summed E-state index contributed by atoms with van der Waals surface area (Å²) in [6.45, 7) is 1.32. The summed E-state index contributed by atoms with van der Waals surface area (Å²) in [4.78, 5) is 25.6. The second-order valence-electron chi connectivity index (χ2n) is 8.64. The van der Waals surface area contributed by atoms with E-state index in [1.807, 2.05) is 36.4 Å². The Bertz CT molecular complexity index is 1350. The lowest BCUT2D eigenvalue weighted by Gasteiger charge is -2.39. The van der Waals surface area contributed by atoms with E-state index in [9.17, 15) is 9.59 Å². The van der Waals surface area contributed by atoms with Gasteiger partial charge in [-0.15, -0.1) is 0 Å². The zero-order chi connectivity index (χ0) is 24.1. The van der Waals surface area contributed by atoms with Crippen LogP contribution in [-0.2, 0) is 14.9 Å². The fourth-order valence-electron chi connectivity index (χ4n) is 5.37. The summed E-state index contributed by atoms with van der Waals surface area (Å²) in [5.74, 6) is -5.65. The van der Waals surface area contributed by atoms with Crippen LogP contribution in [0.1, 0.15) is 52.4 Å². The van der Waals surface area contributed by atoms with E-state index in [4.69, 9.17) is 16.3 Å². The van der Waals surface area contributed by atoms with Gasteiger partial charge in [0.05, 0.1) is 6.61 Å². The number of ketones is 1. The van der Waals surface area contributed by atoms with Crippen LogP contribution in [0.2, 0.25) is 5.02 Å². The van der Waals surface area contributed by atoms with Gasteiger partial charge in [0.15, 0.2) is 5.78 Å². The Balaban J connectivity index is 1.86. The van der Waals surface area contributed by atoms with Gasteiger partial charge in [-0.05, 0) is 52.5 Å². The molecular weight excluding hydrogens is 458 g/mol. The molecule has 0 fully saturated rings. The average Bonchev–Trinajstić information content (AvgIpc) is 3.09. The highest BCUT2D eigenvalue weighted by molar-refractivity contribution is 6.31. The number of benzene rings is 3. The van der Waals surface area contributed by atoms with E-state index >= 15 is 8.78 Å². The smallest absolute Gasteiger partial charge is 0.377 e. The van der Waals surface area contributed by atoms with Gasteiger partial charge in [-0.25, -0.2) is 4.79 Å². The fraction of sp³-hybridized carbons (Fsp3) is 0.214. The van der Waals surface area contributed by atoms with Crippen molar-refractivity contribution in [1.82, 2.24) is 0 Å². The zero-order valence-electron chi connectivity index (χ0n) is 18.4. The minimum atomic E-state index is -3.81. The molecule has 0 N–H and O–H groups in total. The summed E-state index contributed by atoms with van der Waals surface area (Å²) < 4.78 is 35.5. The number of ether oxygens (including phenoxy) is 1. The number of allylic oxidation sites excluding steroid dienone is 1. The molecule has 172 valence electrons. The van der Waals surface area contributed by atoms with Gasteiger partial charge in [-0.3, -0.25) is 4.79 Å². The Morgan fingerprint density at radius 3 is 2.38 bits per heavy atom. The zero-order valence-corrected chi connectivity index (χ0v) is 19.2. The third-order valence-electron chi connectivity index (χ3n) is 6.61. The van der Waals surface area contributed by atoms with E-state index in [0.29, 0.717) is 27.3 Å². The highest BCUT2D eigenvalue weighted by Gasteiger charge is 2.57. The summed E-state index contributed by atoms with van der Waals surface area (Å²) in [6.07, 6.45) is -1.09. The van der Waals surface area contributed by atoms with Gasteiger partial charge in [-0.1, -0.05) is 72.3 Å². The first-order valence-corrected chi connectivity index (χ1v) is 11.4. The number of carbonyl (C=O) groups excluding carboxylic acids is 2. The lowest BCUT2D eigenvalue weighted by Crippen LogP contribution is -2.43. The maximum atomic E-state index is 15.4. The molecule has 0 heterocycles. The van der Waals surface area contributed by atoms with Crippen LogP contribution in [0.4, 0.5) is 8.78 Å². The van der Waals surface area contributed by atoms with Crippen molar-refractivity contribution in [2.45, 2.75) is 31.1 Å². The third kappa shape index (κ3) is 3.38. The molecule has 3 aromatic rings. The van der Waals surface area contributed by atoms with Gasteiger partial charge in [0, 0.05) is 28.8 Å². The SMILES string of the molecule is CCOC(=O)C(F)(F)CC12CC(=O)c3ccccc3C1=C(c1ccccc1)c1ccc(Cl)cc12. The fourth-order valence-corrected chi connectivity index (χ4v) is 5.54. The van der Waals surface area contributed by atoms with Crippen molar-refractivity contribution in [3.05, 3.63) is 106 Å². The van der Waals surface area contributed by atoms with Gasteiger partial charge in [0.2, 0.25) is 0 Å². The summed E-state index contributed by atoms with van der Waals surface area (Å²) in [7, 11) is 0. The van der Waals surface area contributed by atoms with E-state index in [1.165, 1.54) is 6.92 Å². The number of carbonyl (C=O) groups is 2. The Morgan fingerprint density at radius 1 is 1.00 bits per heavy atom. The molecule has 0 radical (unpaired) electrons. The van der Waals surface area contributed by atoms with Crippen molar-refractivity contribution in [2.24, 2.45) is 0 Å². The van der Waals surface area contributed by atoms with Crippen LogP contribution in [0.5, 0.6) is 0 Å². The molecule has 3 nitrogen and oxygen atoms in total. The molecule has 1 unspecified atom stereocenters. The van der Waals surface area contributed by atoms with E-state index in [0.717, 1.165) is 16.7 Å². The normalized spacial score (nSPS) is 18.9. The van der Waals surface area contributed by atoms with Gasteiger partial charge < -0.3 is 4.74 Å². The van der Waals surface area contributed by atoms with Crippen molar-refractivity contribution < 1.29 is 23.1 Å². The van der Waals surface area contributed by atoms with Crippen LogP contribution < -0.4 is 0 Å². The number of hydrogen-bond donors (Lipinski definition) is 0. The monoisotopic (exact) mass is 478 g/mol. The third-order valence-corrected chi connectivity index (χ3v) is 6.85. The maximum absolute atomic E-state index is 15.4. The molecule has 0 spiro atoms. The maximum Gasteiger partial charge on any atom is 0.377 e. The lowest BCUT2D eigenvalue weighted by molar-refractivity contribution is -0.173. The van der Waals surface area contributed by atoms with Crippen LogP contribution in [0.25, 0.3) is 11.1 Å². The first kappa shape index (κ1) is 22.5. The van der Waals surface area contributed by atoms with E-state index in [-0.39, 0.29) is 18.8 Å². The lowest BCUT2D eigenvalue weighted by atomic mass is 9.63. The molecule has 0 aromatic heterocycles. The van der Waals surface area contributed by atoms with Crippen molar-refractivity contribution in [3.63, 3.8) is 0 Å². The molecule has 0 bridgehead atoms. The molecule has 2 aliphatic rings. The molecule has 6 heteroatoms. The van der Waals surface area contributed by atoms with Gasteiger partial charge >= 0.3 is 11.9 Å². The summed E-state index contributed by atoms with van der Waals surface area (Å²) in [5, 5.41) is 0.373. The number of rotatable bonds is 5. The van der Waals surface area contributed by atoms with Crippen LogP contribution >= 0.6 is 11.6 Å². The van der Waals surface area contributed by atoms with Crippen molar-refractivity contribution in [3.8, 4) is 0 Å². The Morgan fingerprint density at radius 2 is 1.68 bits per heavy atom. The molecule has 0 saturated carbocycles. The quantitative estimate of drug-likeness (QED) is 0.382. The average molecular weight is 479 g/mol. The number of hydrogen-bond acceptors (Lipinski definition) is 3. The molecular formula is C28H21ClF2O3. The van der Waals surface area contributed by atoms with E-state index < -0.39 is 23.7 Å². The minimum Gasteiger partial charge on any atom is -0.462 e. The first-order valence-electron chi connectivity index (χ1n) is 11.1. The second kappa shape index (κ2) is 8.17. The Labute approximate surface area is 201 Å². The molecule has 1 atom stereocenters. The van der Waals surface area contributed by atoms with Crippen molar-refractivity contribution >= 4 is 34.5 Å². The molecule has 5 rings (SSSR count). The van der Waals surface area contributed by atoms with Gasteiger partial charge in [-0.2, -0.15) is 8.78 Å². The Hall–Kier alpha value is -3.31. The number of Topliss-reactive ketones (excluding diaryl/α,β-unsaturated/α-hetero) is 1. The number of esters is 1. The topological polar surface area (TPSA) is 43.4 Å². The summed E-state index contributed by atoms with van der Waals surface area (Å²) in [5.41, 5.74) is 3.14. The van der Waals surface area contributed by atoms with E-state index in [1.54, 1.807) is 36.4 Å². The highest BCUT2D eigenvalue weighted by Crippen LogP contribution is 2.61. The molecule has 2 aliphatic carbocycles. The number of fused-ring (bicyclic) bond motifs is 5. The van der Waals surface area contributed by atoms with Crippen molar-refractivity contribution in [1.29, 1.82) is 0 Å². The summed E-state index contributed by atoms with van der Waals surface area (Å²) in [6, 6.07) is 21.7. The molecule has 0 aliphatic heterocycles. The number of alkyl halides is 2. The predicted octanol–water partition coefficient (Wildman–Crippen LogP) is 6.73. The molecule has 34 heavy (non-hydrogen) atoms. The van der Waals surface area contributed by atoms with E-state index in [2.05, 4.69) is 0 Å². The standard InChI is InChI=1S/C28H21ClF2O3/c1-2-34-26(33)28(30,31)16-27-15-23(32)19-10-6-7-11-20(19)25(27)24(17-8-4-3-5-9-17)21-13-12-18(29)14-22(21)27/h3-14H,2,15-16H2,1H3. The van der Waals surface area contributed by atoms with Crippen LogP contribution in [0, 0.1) is 0 Å². The molecule has 0 saturated heterocycles. The molecule has 3 aromatic carbocycles. The van der Waals surface area contributed by atoms with Crippen LogP contribution in [0.3, 0.4) is 0 Å². The largest absolute Gasteiger partial charge is 0.462 e. The van der Waals surface area contributed by atoms with Crippen LogP contribution in [0.15, 0.2) is 72.8 Å².